The smallest absolute Gasteiger partial charge is 0.793 e. The fourth-order valence-electron chi connectivity index (χ4n) is 8.15. The van der Waals surface area contributed by atoms with Crippen LogP contribution in [0.1, 0.15) is 71.8 Å². The van der Waals surface area contributed by atoms with Crippen molar-refractivity contribution in [2.45, 2.75) is 66.1 Å². The third-order valence-corrected chi connectivity index (χ3v) is 12.0. The van der Waals surface area contributed by atoms with E-state index in [1.54, 1.807) is 61.1 Å². The number of hydrogen-bond donors (Lipinski definition) is 1. The summed E-state index contributed by atoms with van der Waals surface area (Å²) in [7, 11) is 4.32. The number of nitrogens with zero attached hydrogens (tertiary/aromatic N) is 5. The predicted octanol–water partition coefficient (Wildman–Crippen LogP) is 7.27. The Labute approximate surface area is 499 Å². The van der Waals surface area contributed by atoms with Gasteiger partial charge >= 0.3 is 41.5 Å². The molecule has 0 aliphatic rings. The number of halogens is 2. The second kappa shape index (κ2) is 34.6. The number of carbonyl (C=O) groups excluding carboxylic acids is 4. The third kappa shape index (κ3) is 20.7. The second-order valence-corrected chi connectivity index (χ2v) is 18.1. The van der Waals surface area contributed by atoms with Crippen LogP contribution in [0, 0.1) is 11.6 Å². The van der Waals surface area contributed by atoms with E-state index in [2.05, 4.69) is 64.8 Å². The van der Waals surface area contributed by atoms with Crippen molar-refractivity contribution in [1.29, 1.82) is 0 Å². The maximum absolute atomic E-state index is 14.7. The van der Waals surface area contributed by atoms with E-state index >= 15 is 0 Å². The van der Waals surface area contributed by atoms with Crippen LogP contribution in [-0.4, -0.2) is 70.2 Å². The average molecular weight is 1130 g/mol. The van der Waals surface area contributed by atoms with Crippen LogP contribution < -0.4 is 45.7 Å². The van der Waals surface area contributed by atoms with Gasteiger partial charge in [0.1, 0.15) is 29.1 Å². The van der Waals surface area contributed by atoms with Gasteiger partial charge in [0.2, 0.25) is 11.4 Å². The Balaban J connectivity index is 0.000000218. The third-order valence-electron chi connectivity index (χ3n) is 12.0. The number of aldehydes is 1. The Morgan fingerprint density at radius 1 is 0.578 bits per heavy atom. The van der Waals surface area contributed by atoms with Crippen molar-refractivity contribution in [2.75, 3.05) is 13.1 Å². The minimum absolute atomic E-state index is 0. The van der Waals surface area contributed by atoms with E-state index in [-0.39, 0.29) is 51.3 Å². The van der Waals surface area contributed by atoms with Crippen LogP contribution in [-0.2, 0) is 61.3 Å². The Bertz CT molecular complexity index is 3760. The molecule has 0 saturated heterocycles. The summed E-state index contributed by atoms with van der Waals surface area (Å²) in [5.41, 5.74) is 5.27. The Morgan fingerprint density at radius 3 is 1.54 bits per heavy atom. The fraction of sp³-hybridized carbons (Fsp3) is 0.194. The SMILES string of the molecule is CC(=O)OOC(C)=O.O=Cc1coc2c(cc(F)c3ccccc32)c1=O.O=c1c(CN(CCCc2cccnc2)Cc2ccncc2)coc2c1cc(F)c1ccccc12.[B-]OC(C)=O.[Na+].c1cncc(CCCNCc2ccncc2)c1. The van der Waals surface area contributed by atoms with Gasteiger partial charge in [-0.3, -0.25) is 44.0 Å². The molecule has 0 amide bonds. The molecule has 0 spiro atoms. The van der Waals surface area contributed by atoms with Gasteiger partial charge in [-0.05, 0) is 110 Å². The van der Waals surface area contributed by atoms with Crippen LogP contribution in [0.25, 0.3) is 43.5 Å². The number of hydrogen-bond acceptors (Lipinski definition) is 17. The molecule has 10 rings (SSSR count). The summed E-state index contributed by atoms with van der Waals surface area (Å²) in [5.74, 6) is -2.67. The normalized spacial score (nSPS) is 10.3. The van der Waals surface area contributed by atoms with Crippen molar-refractivity contribution in [2.24, 2.45) is 0 Å². The number of carbonyl (C=O) groups is 4. The molecular weight excluding hydrogens is 1080 g/mol. The van der Waals surface area contributed by atoms with Crippen molar-refractivity contribution in [3.8, 4) is 0 Å². The predicted molar refractivity (Wildman–Crippen MR) is 306 cm³/mol. The van der Waals surface area contributed by atoms with Gasteiger partial charge in [0.25, 0.3) is 0 Å². The average Bonchev–Trinajstić information content (AvgIpc) is 3.63. The van der Waals surface area contributed by atoms with Crippen molar-refractivity contribution in [3.63, 3.8) is 0 Å². The van der Waals surface area contributed by atoms with E-state index in [0.717, 1.165) is 77.1 Å². The minimum atomic E-state index is -0.639. The molecule has 10 aromatic rings. The van der Waals surface area contributed by atoms with Gasteiger partial charge < -0.3 is 26.9 Å². The summed E-state index contributed by atoms with van der Waals surface area (Å²) in [6.07, 6.45) is 21.6. The summed E-state index contributed by atoms with van der Waals surface area (Å²) in [6, 6.07) is 32.3. The maximum Gasteiger partial charge on any atom is 1.00 e. The molecule has 83 heavy (non-hydrogen) atoms. The zero-order valence-corrected chi connectivity index (χ0v) is 48.2. The van der Waals surface area contributed by atoms with Crippen molar-refractivity contribution < 1.29 is 80.8 Å². The molecule has 4 aromatic carbocycles. The van der Waals surface area contributed by atoms with E-state index in [1.165, 1.54) is 35.9 Å². The van der Waals surface area contributed by atoms with E-state index < -0.39 is 35.0 Å². The van der Waals surface area contributed by atoms with Crippen molar-refractivity contribution in [3.05, 3.63) is 237 Å². The summed E-state index contributed by atoms with van der Waals surface area (Å²) < 4.78 is 43.4. The maximum atomic E-state index is 14.7. The van der Waals surface area contributed by atoms with Crippen LogP contribution in [0.15, 0.2) is 190 Å². The quantitative estimate of drug-likeness (QED) is 0.0266. The van der Waals surface area contributed by atoms with E-state index in [0.29, 0.717) is 57.7 Å². The fourth-order valence-corrected chi connectivity index (χ4v) is 8.15. The molecule has 0 atom stereocenters. The molecule has 0 aliphatic heterocycles. The Kier molecular flexibility index (Phi) is 27.2. The summed E-state index contributed by atoms with van der Waals surface area (Å²) in [5, 5.41) is 5.72. The topological polar surface area (TPSA) is 223 Å². The van der Waals surface area contributed by atoms with Crippen LogP contribution in [0.4, 0.5) is 8.78 Å². The number of nitrogens with one attached hydrogen (secondary N) is 1. The first-order chi connectivity index (χ1) is 39.8. The van der Waals surface area contributed by atoms with Gasteiger partial charge in [0, 0.05) is 117 Å². The summed E-state index contributed by atoms with van der Waals surface area (Å²) in [4.78, 5) is 91.3. The van der Waals surface area contributed by atoms with Crippen molar-refractivity contribution >= 4 is 75.7 Å². The second-order valence-electron chi connectivity index (χ2n) is 18.1. The van der Waals surface area contributed by atoms with Gasteiger partial charge in [0.15, 0.2) is 11.7 Å². The molecule has 3 radical (unpaired) electrons. The summed E-state index contributed by atoms with van der Waals surface area (Å²) in [6.45, 7) is 7.31. The van der Waals surface area contributed by atoms with Crippen molar-refractivity contribution in [1.82, 2.24) is 30.2 Å². The molecule has 21 heteroatoms. The van der Waals surface area contributed by atoms with Gasteiger partial charge in [-0.25, -0.2) is 28.1 Å². The molecule has 17 nitrogen and oxygen atoms in total. The van der Waals surface area contributed by atoms with E-state index in [9.17, 15) is 37.5 Å². The van der Waals surface area contributed by atoms with Crippen LogP contribution in [0.3, 0.4) is 0 Å². The standard InChI is InChI=1S/C28H24FN3O2.C14H7FO3.C14H17N3.C4H6O4.C2H3BO2.Na/c29-26-15-25-27(33)22(19-34-28(25)24-8-2-1-7-23(24)26)18-32(17-21-9-12-30-13-10-21)14-4-6-20-5-3-11-31-16-20;15-12-5-11-13(17)8(6-16)7-18-14(11)10-4-2-1-3-9(10)12;1-3-13(11-16-7-1)4-2-8-17-12-14-5-9-15-10-6-14;1-3(5)7-8-4(2)6;1-2(4)5-3;/h1-3,5,7-13,15-16,19H,4,6,14,17-18H2;1-7H;1,3,5-7,9-11,17H,2,4,8,12H2;1-2H3;1H3;/q;;;;-1;+1. The number of benzene rings is 4. The molecule has 0 aliphatic carbocycles. The molecule has 1 N–H and O–H groups in total. The molecular formula is C62H57BF2N6NaO11. The van der Waals surface area contributed by atoms with Gasteiger partial charge in [-0.2, -0.15) is 0 Å². The molecule has 0 fully saturated rings. The van der Waals surface area contributed by atoms with Crippen LogP contribution in [0.5, 0.6) is 0 Å². The number of pyridine rings is 4. The van der Waals surface area contributed by atoms with Gasteiger partial charge in [0.05, 0.1) is 22.6 Å². The molecule has 0 bridgehead atoms. The monoisotopic (exact) mass is 1130 g/mol. The first-order valence-electron chi connectivity index (χ1n) is 25.7. The number of fused-ring (bicyclic) bond motifs is 6. The minimum Gasteiger partial charge on any atom is -0.793 e. The Hall–Kier alpha value is -8.66. The zero-order valence-electron chi connectivity index (χ0n) is 46.2. The first kappa shape index (κ1) is 65.2. The molecule has 0 saturated carbocycles. The molecule has 6 aromatic heterocycles. The Morgan fingerprint density at radius 2 is 1.06 bits per heavy atom. The zero-order chi connectivity index (χ0) is 58.6. The largest absolute Gasteiger partial charge is 1.00 e. The van der Waals surface area contributed by atoms with E-state index in [4.69, 9.17) is 8.83 Å². The number of aromatic nitrogens is 4. The van der Waals surface area contributed by atoms with Crippen LogP contribution >= 0.6 is 0 Å². The number of rotatable bonds is 15. The van der Waals surface area contributed by atoms with E-state index in [1.807, 2.05) is 73.4 Å². The van der Waals surface area contributed by atoms with Gasteiger partial charge in [-0.15, -0.1) is 0 Å². The summed E-state index contributed by atoms with van der Waals surface area (Å²) >= 11 is 0. The molecule has 0 unspecified atom stereocenters. The number of aryl methyl sites for hydroxylation is 2. The molecule has 6 heterocycles. The van der Waals surface area contributed by atoms with Gasteiger partial charge in [-0.1, -0.05) is 60.7 Å². The van der Waals surface area contributed by atoms with Crippen LogP contribution in [0.2, 0.25) is 0 Å². The first-order valence-corrected chi connectivity index (χ1v) is 25.7. The molecule has 419 valence electrons.